The van der Waals surface area contributed by atoms with Crippen molar-refractivity contribution in [3.05, 3.63) is 102 Å². The van der Waals surface area contributed by atoms with Crippen LogP contribution >= 0.6 is 0 Å². The van der Waals surface area contributed by atoms with Crippen molar-refractivity contribution >= 4 is 28.6 Å². The lowest BCUT2D eigenvalue weighted by atomic mass is 9.75. The lowest BCUT2D eigenvalue weighted by molar-refractivity contribution is -0.119. The largest absolute Gasteiger partial charge is 0.340 e. The molecule has 0 fully saturated rings. The summed E-state index contributed by atoms with van der Waals surface area (Å²) in [5, 5.41) is 2.92. The molecule has 3 atom stereocenters. The number of aromatic nitrogens is 2. The number of para-hydroxylation sites is 2. The lowest BCUT2D eigenvalue weighted by Crippen LogP contribution is -2.53. The van der Waals surface area contributed by atoms with E-state index < -0.39 is 17.9 Å². The molecule has 0 radical (unpaired) electrons. The smallest absolute Gasteiger partial charge is 0.255 e. The average molecular weight is 423 g/mol. The third-order valence-electron chi connectivity index (χ3n) is 6.01. The molecule has 2 heterocycles. The normalized spacial score (nSPS) is 20.0. The monoisotopic (exact) mass is 423 g/mol. The molecule has 1 N–H and O–H groups in total. The number of hydrogen-bond acceptors (Lipinski definition) is 4. The number of fused-ring (bicyclic) bond motifs is 3. The number of amides is 1. The highest BCUT2D eigenvalue weighted by atomic mass is 16.2. The summed E-state index contributed by atoms with van der Waals surface area (Å²) >= 11 is 0. The summed E-state index contributed by atoms with van der Waals surface area (Å²) in [5.41, 5.74) is 2.53. The number of nitrogens with one attached hydrogen (secondary N) is 1. The zero-order valence-electron chi connectivity index (χ0n) is 17.4. The highest BCUT2D eigenvalue weighted by Crippen LogP contribution is 2.42. The Morgan fingerprint density at radius 3 is 2.19 bits per heavy atom. The van der Waals surface area contributed by atoms with Gasteiger partial charge in [-0.3, -0.25) is 19.0 Å². The SMILES string of the molecule is CC(=O)C1c2nc3ccccc3n2C(=O)C(NC(=O)c2ccccc2)C1c1ccccc1. The van der Waals surface area contributed by atoms with Gasteiger partial charge in [0.2, 0.25) is 0 Å². The van der Waals surface area contributed by atoms with E-state index in [0.29, 0.717) is 22.4 Å². The Labute approximate surface area is 184 Å². The maximum absolute atomic E-state index is 13.8. The minimum Gasteiger partial charge on any atom is -0.340 e. The second kappa shape index (κ2) is 7.89. The summed E-state index contributed by atoms with van der Waals surface area (Å²) in [5.74, 6) is -1.60. The molecule has 0 bridgehead atoms. The molecule has 5 rings (SSSR count). The molecule has 0 spiro atoms. The van der Waals surface area contributed by atoms with Crippen molar-refractivity contribution < 1.29 is 14.4 Å². The molecule has 3 unspecified atom stereocenters. The van der Waals surface area contributed by atoms with E-state index in [9.17, 15) is 14.4 Å². The molecule has 3 aromatic carbocycles. The predicted octanol–water partition coefficient (Wildman–Crippen LogP) is 3.95. The Hall–Kier alpha value is -4.06. The van der Waals surface area contributed by atoms with Gasteiger partial charge in [0.05, 0.1) is 17.0 Å². The first-order valence-corrected chi connectivity index (χ1v) is 10.5. The van der Waals surface area contributed by atoms with Crippen molar-refractivity contribution in [2.45, 2.75) is 24.8 Å². The van der Waals surface area contributed by atoms with E-state index in [1.165, 1.54) is 11.5 Å². The van der Waals surface area contributed by atoms with Gasteiger partial charge in [-0.15, -0.1) is 0 Å². The molecule has 1 amide bonds. The van der Waals surface area contributed by atoms with Crippen LogP contribution in [0.4, 0.5) is 0 Å². The quantitative estimate of drug-likeness (QED) is 0.539. The maximum Gasteiger partial charge on any atom is 0.255 e. The fourth-order valence-corrected chi connectivity index (χ4v) is 4.59. The summed E-state index contributed by atoms with van der Waals surface area (Å²) in [7, 11) is 0. The molecular formula is C26H21N3O3. The highest BCUT2D eigenvalue weighted by molar-refractivity contribution is 6.03. The second-order valence-corrected chi connectivity index (χ2v) is 7.97. The van der Waals surface area contributed by atoms with Gasteiger partial charge >= 0.3 is 0 Å². The molecule has 1 aliphatic rings. The number of imidazole rings is 1. The van der Waals surface area contributed by atoms with Gasteiger partial charge in [0, 0.05) is 11.5 Å². The maximum atomic E-state index is 13.8. The van der Waals surface area contributed by atoms with Crippen molar-refractivity contribution in [2.24, 2.45) is 0 Å². The molecule has 1 aliphatic heterocycles. The molecule has 0 aliphatic carbocycles. The van der Waals surface area contributed by atoms with Crippen LogP contribution in [0.5, 0.6) is 0 Å². The summed E-state index contributed by atoms with van der Waals surface area (Å²) in [6, 6.07) is 24.5. The fourth-order valence-electron chi connectivity index (χ4n) is 4.59. The Kier molecular flexibility index (Phi) is 4.90. The van der Waals surface area contributed by atoms with Gasteiger partial charge in [-0.2, -0.15) is 0 Å². The van der Waals surface area contributed by atoms with Gasteiger partial charge in [0.15, 0.2) is 0 Å². The Balaban J connectivity index is 1.70. The molecule has 32 heavy (non-hydrogen) atoms. The Morgan fingerprint density at radius 1 is 0.875 bits per heavy atom. The second-order valence-electron chi connectivity index (χ2n) is 7.97. The van der Waals surface area contributed by atoms with Crippen LogP contribution in [0.15, 0.2) is 84.9 Å². The summed E-state index contributed by atoms with van der Waals surface area (Å²) < 4.78 is 1.50. The zero-order valence-corrected chi connectivity index (χ0v) is 17.4. The van der Waals surface area contributed by atoms with Crippen LogP contribution in [0.2, 0.25) is 0 Å². The summed E-state index contributed by atoms with van der Waals surface area (Å²) in [6.45, 7) is 1.51. The van der Waals surface area contributed by atoms with Crippen LogP contribution in [0, 0.1) is 0 Å². The van der Waals surface area contributed by atoms with E-state index in [2.05, 4.69) is 10.3 Å². The molecular weight excluding hydrogens is 402 g/mol. The van der Waals surface area contributed by atoms with Gasteiger partial charge in [-0.1, -0.05) is 60.7 Å². The molecule has 6 nitrogen and oxygen atoms in total. The molecule has 158 valence electrons. The minimum atomic E-state index is -0.927. The number of carbonyl (C=O) groups is 3. The minimum absolute atomic E-state index is 0.109. The third kappa shape index (κ3) is 3.21. The van der Waals surface area contributed by atoms with Crippen molar-refractivity contribution in [1.29, 1.82) is 0 Å². The Bertz CT molecular complexity index is 1330. The standard InChI is InChI=1S/C26H21N3O3/c1-16(30)21-22(17-10-4-2-5-11-17)23(28-25(31)18-12-6-3-7-13-18)26(32)29-20-15-9-8-14-19(20)27-24(21)29/h2-15,21-23H,1H3,(H,28,31). The molecule has 4 aromatic rings. The van der Waals surface area contributed by atoms with E-state index in [1.807, 2.05) is 54.6 Å². The topological polar surface area (TPSA) is 81.1 Å². The zero-order chi connectivity index (χ0) is 22.2. The van der Waals surface area contributed by atoms with E-state index in [-0.39, 0.29) is 17.6 Å². The van der Waals surface area contributed by atoms with Gasteiger partial charge in [-0.05, 0) is 36.8 Å². The van der Waals surface area contributed by atoms with Gasteiger partial charge < -0.3 is 5.32 Å². The van der Waals surface area contributed by atoms with Crippen LogP contribution in [-0.4, -0.2) is 33.2 Å². The van der Waals surface area contributed by atoms with Crippen molar-refractivity contribution in [1.82, 2.24) is 14.9 Å². The fraction of sp³-hybridized carbons (Fsp3) is 0.154. The van der Waals surface area contributed by atoms with Gasteiger partial charge in [0.1, 0.15) is 17.6 Å². The van der Waals surface area contributed by atoms with Crippen molar-refractivity contribution in [3.8, 4) is 0 Å². The predicted molar refractivity (Wildman–Crippen MR) is 121 cm³/mol. The number of ketones is 1. The van der Waals surface area contributed by atoms with Crippen molar-refractivity contribution in [2.75, 3.05) is 0 Å². The van der Waals surface area contributed by atoms with Crippen LogP contribution in [0.25, 0.3) is 11.0 Å². The first kappa shape index (κ1) is 19.9. The molecule has 0 saturated carbocycles. The average Bonchev–Trinajstić information content (AvgIpc) is 3.21. The highest BCUT2D eigenvalue weighted by Gasteiger charge is 2.47. The van der Waals surface area contributed by atoms with Crippen LogP contribution in [0.1, 0.15) is 45.3 Å². The Morgan fingerprint density at radius 2 is 1.50 bits per heavy atom. The van der Waals surface area contributed by atoms with Gasteiger partial charge in [-0.25, -0.2) is 4.98 Å². The third-order valence-corrected chi connectivity index (χ3v) is 6.01. The number of benzene rings is 3. The number of nitrogens with zero attached hydrogens (tertiary/aromatic N) is 2. The lowest BCUT2D eigenvalue weighted by Gasteiger charge is -2.37. The molecule has 0 saturated heterocycles. The molecule has 1 aromatic heterocycles. The number of rotatable bonds is 4. The number of hydrogen-bond donors (Lipinski definition) is 1. The van der Waals surface area contributed by atoms with E-state index in [4.69, 9.17) is 0 Å². The van der Waals surface area contributed by atoms with Crippen molar-refractivity contribution in [3.63, 3.8) is 0 Å². The van der Waals surface area contributed by atoms with E-state index in [0.717, 1.165) is 5.56 Å². The first-order valence-electron chi connectivity index (χ1n) is 10.5. The van der Waals surface area contributed by atoms with Crippen LogP contribution in [-0.2, 0) is 4.79 Å². The first-order chi connectivity index (χ1) is 15.6. The van der Waals surface area contributed by atoms with Gasteiger partial charge in [0.25, 0.3) is 11.8 Å². The van der Waals surface area contributed by atoms with E-state index in [1.54, 1.807) is 30.3 Å². The van der Waals surface area contributed by atoms with E-state index >= 15 is 0 Å². The van der Waals surface area contributed by atoms with Crippen LogP contribution < -0.4 is 5.32 Å². The van der Waals surface area contributed by atoms with Crippen LogP contribution in [0.3, 0.4) is 0 Å². The summed E-state index contributed by atoms with van der Waals surface area (Å²) in [6.07, 6.45) is 0. The number of carbonyl (C=O) groups excluding carboxylic acids is 3. The summed E-state index contributed by atoms with van der Waals surface area (Å²) in [4.78, 5) is 44.5. The number of Topliss-reactive ketones (excluding diaryl/α,β-unsaturated/α-hetero) is 1. The molecule has 6 heteroatoms.